The second-order valence-corrected chi connectivity index (χ2v) is 6.21. The van der Waals surface area contributed by atoms with Gasteiger partial charge in [0.15, 0.2) is 0 Å². The molecule has 2 aromatic rings. The SMILES string of the molecule is O=C(O)C1(Cc2csc3ccccc23)CCCNC1. The molecule has 1 aromatic carbocycles. The van der Waals surface area contributed by atoms with Gasteiger partial charge in [0.25, 0.3) is 0 Å². The number of nitrogens with one attached hydrogen (secondary N) is 1. The number of thiophene rings is 1. The summed E-state index contributed by atoms with van der Waals surface area (Å²) in [6.45, 7) is 1.51. The Hall–Kier alpha value is -1.39. The van der Waals surface area contributed by atoms with E-state index in [4.69, 9.17) is 0 Å². The van der Waals surface area contributed by atoms with Crippen LogP contribution in [0.25, 0.3) is 10.1 Å². The predicted octanol–water partition coefficient (Wildman–Crippen LogP) is 2.90. The van der Waals surface area contributed by atoms with Gasteiger partial charge in [0.1, 0.15) is 0 Å². The Morgan fingerprint density at radius 1 is 1.42 bits per heavy atom. The lowest BCUT2D eigenvalue weighted by atomic mass is 9.76. The number of aliphatic carboxylic acids is 1. The maximum absolute atomic E-state index is 11.7. The summed E-state index contributed by atoms with van der Waals surface area (Å²) in [5.74, 6) is -0.671. The molecule has 1 aromatic heterocycles. The van der Waals surface area contributed by atoms with Crippen molar-refractivity contribution in [3.05, 3.63) is 35.2 Å². The molecule has 0 radical (unpaired) electrons. The van der Waals surface area contributed by atoms with E-state index in [1.54, 1.807) is 11.3 Å². The summed E-state index contributed by atoms with van der Waals surface area (Å²) in [6.07, 6.45) is 2.33. The molecule has 3 nitrogen and oxygen atoms in total. The molecule has 100 valence electrons. The molecule has 1 aliphatic rings. The molecule has 1 atom stereocenters. The van der Waals surface area contributed by atoms with Crippen LogP contribution in [0.2, 0.25) is 0 Å². The van der Waals surface area contributed by atoms with Crippen LogP contribution < -0.4 is 5.32 Å². The average Bonchev–Trinajstić information content (AvgIpc) is 2.83. The molecule has 0 aliphatic carbocycles. The van der Waals surface area contributed by atoms with Crippen LogP contribution >= 0.6 is 11.3 Å². The maximum Gasteiger partial charge on any atom is 0.311 e. The van der Waals surface area contributed by atoms with E-state index < -0.39 is 11.4 Å². The largest absolute Gasteiger partial charge is 0.481 e. The summed E-state index contributed by atoms with van der Waals surface area (Å²) in [7, 11) is 0. The molecule has 4 heteroatoms. The molecule has 3 rings (SSSR count). The van der Waals surface area contributed by atoms with Gasteiger partial charge in [0.2, 0.25) is 0 Å². The number of hydrogen-bond donors (Lipinski definition) is 2. The van der Waals surface area contributed by atoms with Gasteiger partial charge >= 0.3 is 5.97 Å². The lowest BCUT2D eigenvalue weighted by Crippen LogP contribution is -2.46. The van der Waals surface area contributed by atoms with E-state index in [2.05, 4.69) is 22.8 Å². The first-order valence-electron chi connectivity index (χ1n) is 6.60. The molecular weight excluding hydrogens is 258 g/mol. The van der Waals surface area contributed by atoms with E-state index in [1.165, 1.54) is 15.6 Å². The number of piperidine rings is 1. The molecule has 1 aliphatic heterocycles. The molecular formula is C15H17NO2S. The fraction of sp³-hybridized carbons (Fsp3) is 0.400. The van der Waals surface area contributed by atoms with Crippen LogP contribution in [0.15, 0.2) is 29.6 Å². The molecule has 1 fully saturated rings. The van der Waals surface area contributed by atoms with Gasteiger partial charge in [-0.05, 0) is 48.2 Å². The van der Waals surface area contributed by atoms with Crippen LogP contribution in [0.3, 0.4) is 0 Å². The van der Waals surface area contributed by atoms with Gasteiger partial charge in [-0.25, -0.2) is 0 Å². The smallest absolute Gasteiger partial charge is 0.311 e. The molecule has 0 bridgehead atoms. The third kappa shape index (κ3) is 2.26. The third-order valence-electron chi connectivity index (χ3n) is 4.02. The average molecular weight is 275 g/mol. The Bertz CT molecular complexity index is 599. The van der Waals surface area contributed by atoms with Gasteiger partial charge < -0.3 is 10.4 Å². The number of fused-ring (bicyclic) bond motifs is 1. The van der Waals surface area contributed by atoms with Gasteiger partial charge in [-0.3, -0.25) is 4.79 Å². The second kappa shape index (κ2) is 4.94. The molecule has 19 heavy (non-hydrogen) atoms. The van der Waals surface area contributed by atoms with Crippen LogP contribution in [0.1, 0.15) is 18.4 Å². The number of carboxylic acid groups (broad SMARTS) is 1. The Kier molecular flexibility index (Phi) is 3.29. The van der Waals surface area contributed by atoms with E-state index in [0.29, 0.717) is 13.0 Å². The molecule has 0 spiro atoms. The first kappa shape index (κ1) is 12.6. The van der Waals surface area contributed by atoms with E-state index in [-0.39, 0.29) is 0 Å². The summed E-state index contributed by atoms with van der Waals surface area (Å²) in [5, 5.41) is 16.2. The number of rotatable bonds is 3. The molecule has 0 saturated carbocycles. The number of hydrogen-bond acceptors (Lipinski definition) is 3. The highest BCUT2D eigenvalue weighted by Crippen LogP contribution is 2.35. The van der Waals surface area contributed by atoms with E-state index >= 15 is 0 Å². The number of carboxylic acids is 1. The lowest BCUT2D eigenvalue weighted by Gasteiger charge is -2.33. The van der Waals surface area contributed by atoms with E-state index in [0.717, 1.165) is 19.4 Å². The van der Waals surface area contributed by atoms with Crippen molar-refractivity contribution in [2.24, 2.45) is 5.41 Å². The monoisotopic (exact) mass is 275 g/mol. The van der Waals surface area contributed by atoms with Crippen LogP contribution in [-0.2, 0) is 11.2 Å². The standard InChI is InChI=1S/C15H17NO2S/c17-14(18)15(6-3-7-16-10-15)8-11-9-19-13-5-2-1-4-12(11)13/h1-2,4-5,9,16H,3,6-8,10H2,(H,17,18). The first-order valence-corrected chi connectivity index (χ1v) is 7.48. The van der Waals surface area contributed by atoms with Crippen LogP contribution in [-0.4, -0.2) is 24.2 Å². The zero-order valence-electron chi connectivity index (χ0n) is 10.7. The van der Waals surface area contributed by atoms with Gasteiger partial charge in [-0.1, -0.05) is 18.2 Å². The second-order valence-electron chi connectivity index (χ2n) is 5.30. The number of carbonyl (C=O) groups is 1. The van der Waals surface area contributed by atoms with Crippen molar-refractivity contribution in [2.75, 3.05) is 13.1 Å². The Morgan fingerprint density at radius 3 is 3.00 bits per heavy atom. The van der Waals surface area contributed by atoms with Crippen molar-refractivity contribution in [3.8, 4) is 0 Å². The van der Waals surface area contributed by atoms with Crippen LogP contribution in [0.4, 0.5) is 0 Å². The van der Waals surface area contributed by atoms with Gasteiger partial charge in [-0.2, -0.15) is 0 Å². The number of benzene rings is 1. The minimum absolute atomic E-state index is 0.576. The molecule has 1 unspecified atom stereocenters. The van der Waals surface area contributed by atoms with Crippen molar-refractivity contribution in [2.45, 2.75) is 19.3 Å². The molecule has 2 N–H and O–H groups in total. The zero-order valence-corrected chi connectivity index (χ0v) is 11.5. The van der Waals surface area contributed by atoms with Crippen molar-refractivity contribution >= 4 is 27.4 Å². The maximum atomic E-state index is 11.7. The molecule has 0 amide bonds. The Morgan fingerprint density at radius 2 is 2.26 bits per heavy atom. The van der Waals surface area contributed by atoms with Crippen molar-refractivity contribution in [3.63, 3.8) is 0 Å². The van der Waals surface area contributed by atoms with E-state index in [1.807, 2.05) is 12.1 Å². The summed E-state index contributed by atoms with van der Waals surface area (Å²) < 4.78 is 1.24. The van der Waals surface area contributed by atoms with Gasteiger partial charge in [0.05, 0.1) is 5.41 Å². The predicted molar refractivity (Wildman–Crippen MR) is 77.7 cm³/mol. The zero-order chi connectivity index (χ0) is 13.3. The third-order valence-corrected chi connectivity index (χ3v) is 5.03. The van der Waals surface area contributed by atoms with Crippen molar-refractivity contribution < 1.29 is 9.90 Å². The first-order chi connectivity index (χ1) is 9.21. The fourth-order valence-corrected chi connectivity index (χ4v) is 3.87. The van der Waals surface area contributed by atoms with Crippen molar-refractivity contribution in [1.82, 2.24) is 5.32 Å². The quantitative estimate of drug-likeness (QED) is 0.905. The summed E-state index contributed by atoms with van der Waals surface area (Å²) in [6, 6.07) is 8.23. The van der Waals surface area contributed by atoms with Crippen LogP contribution in [0.5, 0.6) is 0 Å². The van der Waals surface area contributed by atoms with Crippen molar-refractivity contribution in [1.29, 1.82) is 0 Å². The van der Waals surface area contributed by atoms with E-state index in [9.17, 15) is 9.90 Å². The molecule has 1 saturated heterocycles. The minimum atomic E-state index is -0.671. The summed E-state index contributed by atoms with van der Waals surface area (Å²) in [5.41, 5.74) is 0.536. The highest BCUT2D eigenvalue weighted by atomic mass is 32.1. The van der Waals surface area contributed by atoms with Gasteiger partial charge in [-0.15, -0.1) is 11.3 Å². The normalized spacial score (nSPS) is 23.6. The fourth-order valence-electron chi connectivity index (χ4n) is 2.91. The highest BCUT2D eigenvalue weighted by Gasteiger charge is 2.40. The Balaban J connectivity index is 1.96. The van der Waals surface area contributed by atoms with Crippen LogP contribution in [0, 0.1) is 5.41 Å². The molecule has 2 heterocycles. The Labute approximate surface area is 116 Å². The minimum Gasteiger partial charge on any atom is -0.481 e. The highest BCUT2D eigenvalue weighted by molar-refractivity contribution is 7.17. The lowest BCUT2D eigenvalue weighted by molar-refractivity contribution is -0.150. The van der Waals surface area contributed by atoms with Gasteiger partial charge in [0, 0.05) is 11.2 Å². The topological polar surface area (TPSA) is 49.3 Å². The summed E-state index contributed by atoms with van der Waals surface area (Å²) in [4.78, 5) is 11.7. The summed E-state index contributed by atoms with van der Waals surface area (Å²) >= 11 is 1.70.